The molecule has 16 heavy (non-hydrogen) atoms. The molecule has 0 heterocycles. The Kier molecular flexibility index (Phi) is 2.86. The predicted octanol–water partition coefficient (Wildman–Crippen LogP) is 2.26. The molecule has 0 radical (unpaired) electrons. The number of phenolic OH excluding ortho intramolecular Hbond substituents is 1. The van der Waals surface area contributed by atoms with Gasteiger partial charge in [0.15, 0.2) is 0 Å². The lowest BCUT2D eigenvalue weighted by Crippen LogP contribution is -2.36. The fourth-order valence-corrected chi connectivity index (χ4v) is 1.92. The lowest BCUT2D eigenvalue weighted by atomic mass is 10.1. The molecule has 3 heteroatoms. The zero-order valence-electron chi connectivity index (χ0n) is 9.68. The summed E-state index contributed by atoms with van der Waals surface area (Å²) in [5.41, 5.74) is 0.551. The van der Waals surface area contributed by atoms with Gasteiger partial charge in [-0.1, -0.05) is 6.07 Å². The summed E-state index contributed by atoms with van der Waals surface area (Å²) in [6, 6.07) is 6.80. The molecule has 1 amide bonds. The topological polar surface area (TPSA) is 40.5 Å². The molecule has 1 aromatic carbocycles. The van der Waals surface area contributed by atoms with E-state index in [1.165, 1.54) is 18.9 Å². The molecule has 1 N–H and O–H groups in total. The summed E-state index contributed by atoms with van der Waals surface area (Å²) in [5, 5.41) is 9.33. The van der Waals surface area contributed by atoms with Crippen LogP contribution in [0.2, 0.25) is 0 Å². The van der Waals surface area contributed by atoms with Gasteiger partial charge in [0.1, 0.15) is 5.75 Å². The summed E-state index contributed by atoms with van der Waals surface area (Å²) in [6.45, 7) is 2.08. The average molecular weight is 219 g/mol. The zero-order chi connectivity index (χ0) is 11.7. The molecule has 2 rings (SSSR count). The normalized spacial score (nSPS) is 16.9. The summed E-state index contributed by atoms with van der Waals surface area (Å²) in [6.07, 6.45) is 2.44. The molecule has 1 aliphatic carbocycles. The third-order valence-corrected chi connectivity index (χ3v) is 3.33. The van der Waals surface area contributed by atoms with E-state index in [1.54, 1.807) is 23.1 Å². The first kappa shape index (κ1) is 11.0. The van der Waals surface area contributed by atoms with E-state index in [0.717, 1.165) is 0 Å². The van der Waals surface area contributed by atoms with Gasteiger partial charge in [-0.2, -0.15) is 0 Å². The van der Waals surface area contributed by atoms with Crippen LogP contribution >= 0.6 is 0 Å². The van der Waals surface area contributed by atoms with Crippen molar-refractivity contribution >= 4 is 5.91 Å². The van der Waals surface area contributed by atoms with Crippen molar-refractivity contribution in [3.8, 4) is 5.75 Å². The molecule has 1 atom stereocenters. The molecule has 0 bridgehead atoms. The molecule has 86 valence electrons. The molecule has 1 aliphatic rings. The minimum Gasteiger partial charge on any atom is -0.508 e. The van der Waals surface area contributed by atoms with Gasteiger partial charge in [-0.25, -0.2) is 0 Å². The van der Waals surface area contributed by atoms with Gasteiger partial charge in [0.2, 0.25) is 0 Å². The summed E-state index contributed by atoms with van der Waals surface area (Å²) in [4.78, 5) is 13.9. The Balaban J connectivity index is 2.11. The van der Waals surface area contributed by atoms with Gasteiger partial charge >= 0.3 is 0 Å². The zero-order valence-corrected chi connectivity index (χ0v) is 9.68. The minimum atomic E-state index is -0.0182. The Morgan fingerprint density at radius 3 is 2.75 bits per heavy atom. The third kappa shape index (κ3) is 2.18. The van der Waals surface area contributed by atoms with Crippen molar-refractivity contribution in [2.75, 3.05) is 7.05 Å². The summed E-state index contributed by atoms with van der Waals surface area (Å²) >= 11 is 0. The smallest absolute Gasteiger partial charge is 0.253 e. The fourth-order valence-electron chi connectivity index (χ4n) is 1.92. The quantitative estimate of drug-likeness (QED) is 0.847. The highest BCUT2D eigenvalue weighted by Crippen LogP contribution is 2.35. The highest BCUT2D eigenvalue weighted by Gasteiger charge is 2.32. The first-order valence-electron chi connectivity index (χ1n) is 5.66. The van der Waals surface area contributed by atoms with Gasteiger partial charge in [-0.3, -0.25) is 4.79 Å². The lowest BCUT2D eigenvalue weighted by molar-refractivity contribution is 0.0727. The summed E-state index contributed by atoms with van der Waals surface area (Å²) < 4.78 is 0. The molecule has 1 fully saturated rings. The van der Waals surface area contributed by atoms with Crippen molar-refractivity contribution in [2.24, 2.45) is 5.92 Å². The minimum absolute atomic E-state index is 0.0182. The predicted molar refractivity (Wildman–Crippen MR) is 62.4 cm³/mol. The molecular formula is C13H17NO2. The van der Waals surface area contributed by atoms with E-state index in [-0.39, 0.29) is 17.7 Å². The first-order valence-corrected chi connectivity index (χ1v) is 5.66. The highest BCUT2D eigenvalue weighted by molar-refractivity contribution is 5.94. The molecule has 1 unspecified atom stereocenters. The number of hydrogen-bond donors (Lipinski definition) is 1. The third-order valence-electron chi connectivity index (χ3n) is 3.33. The van der Waals surface area contributed by atoms with E-state index in [0.29, 0.717) is 11.5 Å². The number of hydrogen-bond acceptors (Lipinski definition) is 2. The standard InChI is InChI=1S/C13H17NO2/c1-9(10-6-7-10)14(2)13(16)11-4-3-5-12(15)8-11/h3-5,8-10,15H,6-7H2,1-2H3. The number of carbonyl (C=O) groups excluding carboxylic acids is 1. The van der Waals surface area contributed by atoms with Crippen LogP contribution in [0, 0.1) is 5.92 Å². The second-order valence-corrected chi connectivity index (χ2v) is 4.54. The SMILES string of the molecule is CC(C1CC1)N(C)C(=O)c1cccc(O)c1. The Labute approximate surface area is 95.7 Å². The van der Waals surface area contributed by atoms with Gasteiger partial charge in [-0.05, 0) is 43.9 Å². The van der Waals surface area contributed by atoms with Crippen LogP contribution in [0.4, 0.5) is 0 Å². The highest BCUT2D eigenvalue weighted by atomic mass is 16.3. The Hall–Kier alpha value is -1.51. The summed E-state index contributed by atoms with van der Waals surface area (Å²) in [7, 11) is 1.83. The monoisotopic (exact) mass is 219 g/mol. The number of carbonyl (C=O) groups is 1. The maximum atomic E-state index is 12.1. The maximum Gasteiger partial charge on any atom is 0.253 e. The van der Waals surface area contributed by atoms with Crippen molar-refractivity contribution in [3.63, 3.8) is 0 Å². The van der Waals surface area contributed by atoms with Crippen molar-refractivity contribution in [1.82, 2.24) is 4.90 Å². The van der Waals surface area contributed by atoms with Crippen LogP contribution in [-0.4, -0.2) is 29.0 Å². The molecule has 0 saturated heterocycles. The molecule has 0 aromatic heterocycles. The number of rotatable bonds is 3. The van der Waals surface area contributed by atoms with Gasteiger partial charge < -0.3 is 10.0 Å². The number of amides is 1. The lowest BCUT2D eigenvalue weighted by Gasteiger charge is -2.24. The summed E-state index contributed by atoms with van der Waals surface area (Å²) in [5.74, 6) is 0.778. The van der Waals surface area contributed by atoms with Crippen LogP contribution in [0.1, 0.15) is 30.1 Å². The number of phenols is 1. The van der Waals surface area contributed by atoms with E-state index in [4.69, 9.17) is 0 Å². The number of benzene rings is 1. The number of nitrogens with zero attached hydrogens (tertiary/aromatic N) is 1. The van der Waals surface area contributed by atoms with Crippen LogP contribution in [0.25, 0.3) is 0 Å². The Morgan fingerprint density at radius 2 is 2.19 bits per heavy atom. The van der Waals surface area contributed by atoms with Gasteiger partial charge in [0, 0.05) is 18.7 Å². The van der Waals surface area contributed by atoms with E-state index < -0.39 is 0 Å². The number of aromatic hydroxyl groups is 1. The molecular weight excluding hydrogens is 202 g/mol. The fraction of sp³-hybridized carbons (Fsp3) is 0.462. The van der Waals surface area contributed by atoms with E-state index in [2.05, 4.69) is 6.92 Å². The van der Waals surface area contributed by atoms with Crippen molar-refractivity contribution in [1.29, 1.82) is 0 Å². The van der Waals surface area contributed by atoms with Crippen molar-refractivity contribution in [3.05, 3.63) is 29.8 Å². The largest absolute Gasteiger partial charge is 0.508 e. The van der Waals surface area contributed by atoms with Crippen molar-refractivity contribution < 1.29 is 9.90 Å². The second kappa shape index (κ2) is 4.16. The second-order valence-electron chi connectivity index (χ2n) is 4.54. The van der Waals surface area contributed by atoms with E-state index in [1.807, 2.05) is 7.05 Å². The van der Waals surface area contributed by atoms with E-state index >= 15 is 0 Å². The average Bonchev–Trinajstić information content (AvgIpc) is 3.10. The van der Waals surface area contributed by atoms with Crippen molar-refractivity contribution in [2.45, 2.75) is 25.8 Å². The molecule has 1 aromatic rings. The molecule has 0 aliphatic heterocycles. The van der Waals surface area contributed by atoms with Gasteiger partial charge in [0.25, 0.3) is 5.91 Å². The van der Waals surface area contributed by atoms with Gasteiger partial charge in [-0.15, -0.1) is 0 Å². The molecule has 3 nitrogen and oxygen atoms in total. The van der Waals surface area contributed by atoms with Crippen LogP contribution < -0.4 is 0 Å². The van der Waals surface area contributed by atoms with Gasteiger partial charge in [0.05, 0.1) is 0 Å². The Morgan fingerprint density at radius 1 is 1.50 bits per heavy atom. The van der Waals surface area contributed by atoms with Crippen LogP contribution in [0.5, 0.6) is 5.75 Å². The maximum absolute atomic E-state index is 12.1. The first-order chi connectivity index (χ1) is 7.59. The Bertz CT molecular complexity index is 399. The van der Waals surface area contributed by atoms with Crippen LogP contribution in [0.15, 0.2) is 24.3 Å². The van der Waals surface area contributed by atoms with Crippen LogP contribution in [0.3, 0.4) is 0 Å². The molecule has 1 saturated carbocycles. The van der Waals surface area contributed by atoms with E-state index in [9.17, 15) is 9.90 Å². The molecule has 0 spiro atoms. The van der Waals surface area contributed by atoms with Crippen LogP contribution in [-0.2, 0) is 0 Å².